The molecule has 0 aliphatic rings. The molecule has 0 aliphatic heterocycles. The minimum Gasteiger partial charge on any atom is -0.297 e. The number of fused-ring (bicyclic) bond motifs is 1. The van der Waals surface area contributed by atoms with Crippen molar-refractivity contribution in [3.8, 4) is 0 Å². The third kappa shape index (κ3) is 1.12. The molecule has 0 radical (unpaired) electrons. The van der Waals surface area contributed by atoms with Gasteiger partial charge in [-0.15, -0.1) is 11.3 Å². The third-order valence-electron chi connectivity index (χ3n) is 1.61. The molecule has 2 aromatic rings. The molecule has 2 rings (SSSR count). The molecule has 0 atom stereocenters. The SMILES string of the molecule is O=Cc1cc2cc(F)ccc2s1. The second kappa shape index (κ2) is 2.68. The molecule has 0 spiro atoms. The van der Waals surface area contributed by atoms with Crippen LogP contribution in [0.5, 0.6) is 0 Å². The van der Waals surface area contributed by atoms with E-state index >= 15 is 0 Å². The molecule has 0 bridgehead atoms. The maximum Gasteiger partial charge on any atom is 0.160 e. The minimum absolute atomic E-state index is 0.266. The van der Waals surface area contributed by atoms with Crippen LogP contribution in [0.2, 0.25) is 0 Å². The molecule has 1 nitrogen and oxygen atoms in total. The normalized spacial score (nSPS) is 10.4. The highest BCUT2D eigenvalue weighted by atomic mass is 32.1. The zero-order chi connectivity index (χ0) is 8.55. The molecule has 1 aromatic carbocycles. The fourth-order valence-electron chi connectivity index (χ4n) is 1.09. The lowest BCUT2D eigenvalue weighted by Crippen LogP contribution is -1.68. The molecule has 1 aromatic heterocycles. The first-order chi connectivity index (χ1) is 5.79. The Morgan fingerprint density at radius 1 is 1.33 bits per heavy atom. The Bertz CT molecular complexity index is 433. The molecule has 0 saturated heterocycles. The number of hydrogen-bond acceptors (Lipinski definition) is 2. The van der Waals surface area contributed by atoms with Crippen LogP contribution in [0.25, 0.3) is 10.1 Å². The summed E-state index contributed by atoms with van der Waals surface area (Å²) in [5.41, 5.74) is 0. The van der Waals surface area contributed by atoms with Gasteiger partial charge in [-0.1, -0.05) is 0 Å². The van der Waals surface area contributed by atoms with Crippen LogP contribution in [0, 0.1) is 5.82 Å². The number of hydrogen-bond donors (Lipinski definition) is 0. The summed E-state index contributed by atoms with van der Waals surface area (Å²) in [5.74, 6) is -0.266. The Morgan fingerprint density at radius 2 is 2.17 bits per heavy atom. The van der Waals surface area contributed by atoms with Crippen molar-refractivity contribution in [2.24, 2.45) is 0 Å². The van der Waals surface area contributed by atoms with Crippen molar-refractivity contribution < 1.29 is 9.18 Å². The van der Waals surface area contributed by atoms with E-state index in [1.165, 1.54) is 23.5 Å². The molecule has 0 fully saturated rings. The lowest BCUT2D eigenvalue weighted by Gasteiger charge is -1.86. The fraction of sp³-hybridized carbons (Fsp3) is 0. The van der Waals surface area contributed by atoms with Crippen LogP contribution >= 0.6 is 11.3 Å². The summed E-state index contributed by atoms with van der Waals surface area (Å²) in [7, 11) is 0. The maximum atomic E-state index is 12.7. The molecule has 0 amide bonds. The van der Waals surface area contributed by atoms with Gasteiger partial charge in [0.1, 0.15) is 5.82 Å². The summed E-state index contributed by atoms with van der Waals surface area (Å²) >= 11 is 1.37. The van der Waals surface area contributed by atoms with E-state index in [0.717, 1.165) is 16.4 Å². The van der Waals surface area contributed by atoms with Gasteiger partial charge < -0.3 is 0 Å². The minimum atomic E-state index is -0.266. The first kappa shape index (κ1) is 7.43. The van der Waals surface area contributed by atoms with Crippen LogP contribution in [-0.2, 0) is 0 Å². The molecule has 0 saturated carbocycles. The fourth-order valence-corrected chi connectivity index (χ4v) is 1.95. The van der Waals surface area contributed by atoms with E-state index in [1.54, 1.807) is 12.1 Å². The summed E-state index contributed by atoms with van der Waals surface area (Å²) in [6, 6.07) is 6.20. The molecule has 1 heterocycles. The van der Waals surface area contributed by atoms with Gasteiger partial charge in [-0.2, -0.15) is 0 Å². The molecule has 60 valence electrons. The van der Waals surface area contributed by atoms with Gasteiger partial charge in [-0.05, 0) is 29.7 Å². The van der Waals surface area contributed by atoms with Crippen molar-refractivity contribution in [2.75, 3.05) is 0 Å². The number of aldehydes is 1. The highest BCUT2D eigenvalue weighted by molar-refractivity contribution is 7.20. The quantitative estimate of drug-likeness (QED) is 0.617. The Hall–Kier alpha value is -1.22. The Kier molecular flexibility index (Phi) is 1.66. The second-order valence-electron chi connectivity index (χ2n) is 2.45. The van der Waals surface area contributed by atoms with Crippen LogP contribution in [0.4, 0.5) is 4.39 Å². The molecule has 0 N–H and O–H groups in total. The van der Waals surface area contributed by atoms with Crippen LogP contribution in [0.15, 0.2) is 24.3 Å². The number of thiophene rings is 1. The van der Waals surface area contributed by atoms with E-state index in [2.05, 4.69) is 0 Å². The van der Waals surface area contributed by atoms with Gasteiger partial charge >= 0.3 is 0 Å². The van der Waals surface area contributed by atoms with E-state index in [-0.39, 0.29) is 5.82 Å². The van der Waals surface area contributed by atoms with Crippen LogP contribution in [-0.4, -0.2) is 6.29 Å². The topological polar surface area (TPSA) is 17.1 Å². The van der Waals surface area contributed by atoms with Crippen molar-refractivity contribution in [2.45, 2.75) is 0 Å². The summed E-state index contributed by atoms with van der Waals surface area (Å²) in [5, 5.41) is 0.794. The largest absolute Gasteiger partial charge is 0.297 e. The molecule has 12 heavy (non-hydrogen) atoms. The Balaban J connectivity index is 2.75. The predicted molar refractivity (Wildman–Crippen MR) is 47.2 cm³/mol. The highest BCUT2D eigenvalue weighted by Crippen LogP contribution is 2.24. The van der Waals surface area contributed by atoms with E-state index in [9.17, 15) is 9.18 Å². The lowest BCUT2D eigenvalue weighted by molar-refractivity contribution is 0.112. The summed E-state index contributed by atoms with van der Waals surface area (Å²) in [4.78, 5) is 11.0. The first-order valence-electron chi connectivity index (χ1n) is 3.44. The Morgan fingerprint density at radius 3 is 2.92 bits per heavy atom. The standard InChI is InChI=1S/C9H5FOS/c10-7-1-2-9-6(3-7)4-8(5-11)12-9/h1-5H. The number of carbonyl (C=O) groups excluding carboxylic acids is 1. The third-order valence-corrected chi connectivity index (χ3v) is 2.66. The van der Waals surface area contributed by atoms with Crippen molar-refractivity contribution in [3.05, 3.63) is 35.0 Å². The number of benzene rings is 1. The average Bonchev–Trinajstić information content (AvgIpc) is 2.46. The van der Waals surface area contributed by atoms with Gasteiger partial charge in [0.2, 0.25) is 0 Å². The van der Waals surface area contributed by atoms with Gasteiger partial charge in [0.15, 0.2) is 6.29 Å². The van der Waals surface area contributed by atoms with E-state index < -0.39 is 0 Å². The van der Waals surface area contributed by atoms with Crippen LogP contribution in [0.3, 0.4) is 0 Å². The average molecular weight is 180 g/mol. The van der Waals surface area contributed by atoms with E-state index in [0.29, 0.717) is 4.88 Å². The second-order valence-corrected chi connectivity index (χ2v) is 3.56. The monoisotopic (exact) mass is 180 g/mol. The van der Waals surface area contributed by atoms with Gasteiger partial charge in [0, 0.05) is 4.70 Å². The molecule has 0 unspecified atom stereocenters. The summed E-state index contributed by atoms with van der Waals surface area (Å²) in [6.45, 7) is 0. The molecular weight excluding hydrogens is 175 g/mol. The van der Waals surface area contributed by atoms with Crippen molar-refractivity contribution in [3.63, 3.8) is 0 Å². The molecule has 0 aliphatic carbocycles. The predicted octanol–water partition coefficient (Wildman–Crippen LogP) is 2.85. The van der Waals surface area contributed by atoms with Gasteiger partial charge in [0.05, 0.1) is 4.88 Å². The van der Waals surface area contributed by atoms with Crippen molar-refractivity contribution >= 4 is 27.7 Å². The number of carbonyl (C=O) groups is 1. The maximum absolute atomic E-state index is 12.7. The van der Waals surface area contributed by atoms with Gasteiger partial charge in [-0.25, -0.2) is 4.39 Å². The van der Waals surface area contributed by atoms with E-state index in [1.807, 2.05) is 0 Å². The van der Waals surface area contributed by atoms with E-state index in [4.69, 9.17) is 0 Å². The molecule has 3 heteroatoms. The number of rotatable bonds is 1. The zero-order valence-electron chi connectivity index (χ0n) is 6.08. The van der Waals surface area contributed by atoms with Gasteiger partial charge in [0.25, 0.3) is 0 Å². The first-order valence-corrected chi connectivity index (χ1v) is 4.25. The highest BCUT2D eigenvalue weighted by Gasteiger charge is 2.00. The zero-order valence-corrected chi connectivity index (χ0v) is 6.90. The smallest absolute Gasteiger partial charge is 0.160 e. The van der Waals surface area contributed by atoms with Crippen molar-refractivity contribution in [1.82, 2.24) is 0 Å². The Labute approximate surface area is 72.4 Å². The number of halogens is 1. The summed E-state index contributed by atoms with van der Waals surface area (Å²) < 4.78 is 13.6. The summed E-state index contributed by atoms with van der Waals surface area (Å²) in [6.07, 6.45) is 0.780. The van der Waals surface area contributed by atoms with Gasteiger partial charge in [-0.3, -0.25) is 4.79 Å². The van der Waals surface area contributed by atoms with Crippen LogP contribution in [0.1, 0.15) is 9.67 Å². The van der Waals surface area contributed by atoms with Crippen LogP contribution < -0.4 is 0 Å². The van der Waals surface area contributed by atoms with Crippen molar-refractivity contribution in [1.29, 1.82) is 0 Å². The lowest BCUT2D eigenvalue weighted by atomic mass is 10.2. The molecular formula is C9H5FOS.